The monoisotopic (exact) mass is 402 g/mol. The van der Waals surface area contributed by atoms with Crippen LogP contribution in [-0.4, -0.2) is 39.4 Å². The average molecular weight is 402 g/mol. The van der Waals surface area contributed by atoms with Crippen LogP contribution in [0.1, 0.15) is 31.3 Å². The van der Waals surface area contributed by atoms with Gasteiger partial charge < -0.3 is 14.0 Å². The molecule has 0 spiro atoms. The van der Waals surface area contributed by atoms with Gasteiger partial charge in [0.1, 0.15) is 18.0 Å². The smallest absolute Gasteiger partial charge is 0.326 e. The summed E-state index contributed by atoms with van der Waals surface area (Å²) in [7, 11) is 0. The highest BCUT2D eigenvalue weighted by Gasteiger charge is 2.15. The first kappa shape index (κ1) is 19.8. The van der Waals surface area contributed by atoms with Crippen molar-refractivity contribution in [2.45, 2.75) is 33.9 Å². The van der Waals surface area contributed by atoms with Crippen molar-refractivity contribution < 1.29 is 19.1 Å². The Morgan fingerprint density at radius 1 is 1.18 bits per heavy atom. The number of fused-ring (bicyclic) bond motifs is 1. The van der Waals surface area contributed by atoms with Gasteiger partial charge in [-0.25, -0.2) is 0 Å². The SMILES string of the molecule is CCOC(=O)Cn1c(=NC(=O)c2ccnn2CC)sc2cc(OCC)ccc21. The molecule has 1 amide bonds. The molecular weight excluding hydrogens is 380 g/mol. The van der Waals surface area contributed by atoms with Gasteiger partial charge in [-0.1, -0.05) is 11.3 Å². The van der Waals surface area contributed by atoms with Crippen LogP contribution in [0.25, 0.3) is 10.2 Å². The van der Waals surface area contributed by atoms with E-state index in [1.807, 2.05) is 32.0 Å². The number of hydrogen-bond donors (Lipinski definition) is 0. The van der Waals surface area contributed by atoms with Crippen molar-refractivity contribution in [1.29, 1.82) is 0 Å². The summed E-state index contributed by atoms with van der Waals surface area (Å²) >= 11 is 1.32. The van der Waals surface area contributed by atoms with E-state index in [9.17, 15) is 9.59 Å². The molecule has 3 rings (SSSR count). The van der Waals surface area contributed by atoms with Crippen molar-refractivity contribution in [3.05, 3.63) is 41.0 Å². The maximum atomic E-state index is 12.7. The number of ether oxygens (including phenoxy) is 2. The van der Waals surface area contributed by atoms with E-state index in [0.29, 0.717) is 23.6 Å². The summed E-state index contributed by atoms with van der Waals surface area (Å²) in [6.07, 6.45) is 1.57. The second kappa shape index (κ2) is 8.83. The van der Waals surface area contributed by atoms with Crippen LogP contribution in [0.3, 0.4) is 0 Å². The van der Waals surface area contributed by atoms with Crippen LogP contribution < -0.4 is 9.54 Å². The molecule has 3 aromatic rings. The lowest BCUT2D eigenvalue weighted by Crippen LogP contribution is -2.23. The van der Waals surface area contributed by atoms with Crippen LogP contribution in [0.2, 0.25) is 0 Å². The lowest BCUT2D eigenvalue weighted by molar-refractivity contribution is -0.143. The molecule has 0 bridgehead atoms. The second-order valence-electron chi connectivity index (χ2n) is 5.79. The molecule has 0 radical (unpaired) electrons. The topological polar surface area (TPSA) is 87.7 Å². The van der Waals surface area contributed by atoms with Crippen molar-refractivity contribution in [1.82, 2.24) is 14.3 Å². The first-order valence-corrected chi connectivity index (χ1v) is 9.91. The van der Waals surface area contributed by atoms with Gasteiger partial charge in [0.2, 0.25) is 0 Å². The molecule has 2 heterocycles. The fourth-order valence-corrected chi connectivity index (χ4v) is 3.85. The molecule has 0 fully saturated rings. The van der Waals surface area contributed by atoms with Crippen molar-refractivity contribution >= 4 is 33.4 Å². The molecule has 148 valence electrons. The normalized spacial score (nSPS) is 11.8. The Kier molecular flexibility index (Phi) is 6.25. The van der Waals surface area contributed by atoms with Gasteiger partial charge >= 0.3 is 5.97 Å². The lowest BCUT2D eigenvalue weighted by Gasteiger charge is -2.06. The molecule has 0 atom stereocenters. The van der Waals surface area contributed by atoms with Gasteiger partial charge in [-0.05, 0) is 45.0 Å². The lowest BCUT2D eigenvalue weighted by atomic mass is 10.3. The molecule has 0 saturated carbocycles. The standard InChI is InChI=1S/C19H22N4O4S/c1-4-23-15(9-10-20-23)18(25)21-19-22(12-17(24)27-6-3)14-8-7-13(26-5-2)11-16(14)28-19/h7-11H,4-6,12H2,1-3H3. The van der Waals surface area contributed by atoms with Crippen LogP contribution in [0.5, 0.6) is 5.75 Å². The number of esters is 1. The predicted molar refractivity (Wildman–Crippen MR) is 105 cm³/mol. The van der Waals surface area contributed by atoms with Gasteiger partial charge in [0.25, 0.3) is 5.91 Å². The Hall–Kier alpha value is -2.94. The fourth-order valence-electron chi connectivity index (χ4n) is 2.79. The third-order valence-corrected chi connectivity index (χ3v) is 5.03. The van der Waals surface area contributed by atoms with E-state index in [0.717, 1.165) is 16.0 Å². The average Bonchev–Trinajstić information content (AvgIpc) is 3.27. The van der Waals surface area contributed by atoms with Gasteiger partial charge in [-0.2, -0.15) is 10.1 Å². The number of amides is 1. The van der Waals surface area contributed by atoms with E-state index >= 15 is 0 Å². The summed E-state index contributed by atoms with van der Waals surface area (Å²) < 4.78 is 14.8. The summed E-state index contributed by atoms with van der Waals surface area (Å²) in [4.78, 5) is 29.5. The first-order chi connectivity index (χ1) is 13.6. The van der Waals surface area contributed by atoms with Gasteiger partial charge in [0.05, 0.1) is 23.4 Å². The van der Waals surface area contributed by atoms with Crippen molar-refractivity contribution in [3.8, 4) is 5.75 Å². The summed E-state index contributed by atoms with van der Waals surface area (Å²) in [6.45, 7) is 6.95. The third-order valence-electron chi connectivity index (χ3n) is 3.99. The minimum Gasteiger partial charge on any atom is -0.494 e. The summed E-state index contributed by atoms with van der Waals surface area (Å²) in [6, 6.07) is 7.20. The number of carbonyl (C=O) groups excluding carboxylic acids is 2. The fraction of sp³-hybridized carbons (Fsp3) is 0.368. The number of rotatable bonds is 7. The molecule has 0 unspecified atom stereocenters. The largest absolute Gasteiger partial charge is 0.494 e. The Bertz CT molecular complexity index is 1060. The molecule has 8 nitrogen and oxygen atoms in total. The zero-order chi connectivity index (χ0) is 20.1. The maximum absolute atomic E-state index is 12.7. The zero-order valence-electron chi connectivity index (χ0n) is 16.0. The Morgan fingerprint density at radius 2 is 2.00 bits per heavy atom. The number of hydrogen-bond acceptors (Lipinski definition) is 6. The minimum absolute atomic E-state index is 0.0268. The molecule has 28 heavy (non-hydrogen) atoms. The predicted octanol–water partition coefficient (Wildman–Crippen LogP) is 2.62. The molecule has 0 aliphatic rings. The maximum Gasteiger partial charge on any atom is 0.326 e. The van der Waals surface area contributed by atoms with Crippen LogP contribution in [0.15, 0.2) is 35.5 Å². The second-order valence-corrected chi connectivity index (χ2v) is 6.80. The van der Waals surface area contributed by atoms with Crippen molar-refractivity contribution in [2.75, 3.05) is 13.2 Å². The van der Waals surface area contributed by atoms with E-state index in [-0.39, 0.29) is 19.1 Å². The highest BCUT2D eigenvalue weighted by Crippen LogP contribution is 2.23. The van der Waals surface area contributed by atoms with Crippen LogP contribution in [0.4, 0.5) is 0 Å². The number of thiazole rings is 1. The highest BCUT2D eigenvalue weighted by molar-refractivity contribution is 7.16. The molecule has 1 aromatic carbocycles. The molecule has 2 aromatic heterocycles. The van der Waals surface area contributed by atoms with E-state index in [2.05, 4.69) is 10.1 Å². The number of carbonyl (C=O) groups is 2. The van der Waals surface area contributed by atoms with Crippen molar-refractivity contribution in [2.24, 2.45) is 4.99 Å². The van der Waals surface area contributed by atoms with Gasteiger partial charge in [-0.15, -0.1) is 0 Å². The highest BCUT2D eigenvalue weighted by atomic mass is 32.1. The van der Waals surface area contributed by atoms with Gasteiger partial charge in [-0.3, -0.25) is 14.3 Å². The summed E-state index contributed by atoms with van der Waals surface area (Å²) in [5.74, 6) is -0.0707. The van der Waals surface area contributed by atoms with Gasteiger partial charge in [0, 0.05) is 12.7 Å². The van der Waals surface area contributed by atoms with Crippen molar-refractivity contribution in [3.63, 3.8) is 0 Å². The van der Waals surface area contributed by atoms with Gasteiger partial charge in [0.15, 0.2) is 4.80 Å². The van der Waals surface area contributed by atoms with E-state index in [4.69, 9.17) is 9.47 Å². The molecule has 0 N–H and O–H groups in total. The summed E-state index contributed by atoms with van der Waals surface area (Å²) in [5, 5.41) is 4.11. The molecule has 9 heteroatoms. The third kappa shape index (κ3) is 4.14. The Labute approximate surface area is 166 Å². The van der Waals surface area contributed by atoms with Crippen LogP contribution in [-0.2, 0) is 22.6 Å². The van der Waals surface area contributed by atoms with Crippen LogP contribution >= 0.6 is 11.3 Å². The Morgan fingerprint density at radius 3 is 2.71 bits per heavy atom. The van der Waals surface area contributed by atoms with E-state index in [1.165, 1.54) is 11.3 Å². The molecule has 0 aliphatic heterocycles. The number of nitrogens with zero attached hydrogens (tertiary/aromatic N) is 4. The summed E-state index contributed by atoms with van der Waals surface area (Å²) in [5.41, 5.74) is 1.19. The molecule has 0 saturated heterocycles. The van der Waals surface area contributed by atoms with E-state index in [1.54, 1.807) is 28.4 Å². The molecule has 0 aliphatic carbocycles. The Balaban J connectivity index is 2.10. The number of aromatic nitrogens is 3. The van der Waals surface area contributed by atoms with E-state index < -0.39 is 5.91 Å². The van der Waals surface area contributed by atoms with Crippen LogP contribution in [0, 0.1) is 0 Å². The molecular formula is C19H22N4O4S. The number of aryl methyl sites for hydroxylation is 1. The zero-order valence-corrected chi connectivity index (χ0v) is 16.9. The minimum atomic E-state index is -0.409. The number of benzene rings is 1. The first-order valence-electron chi connectivity index (χ1n) is 9.10. The quantitative estimate of drug-likeness (QED) is 0.567.